The Bertz CT molecular complexity index is 555. The Labute approximate surface area is 120 Å². The summed E-state index contributed by atoms with van der Waals surface area (Å²) in [5, 5.41) is 18.2. The van der Waals surface area contributed by atoms with E-state index in [1.165, 1.54) is 11.3 Å². The second-order valence-corrected chi connectivity index (χ2v) is 4.97. The Kier molecular flexibility index (Phi) is 4.82. The first-order valence-corrected chi connectivity index (χ1v) is 6.86. The second-order valence-electron chi connectivity index (χ2n) is 4.97. The van der Waals surface area contributed by atoms with Crippen LogP contribution in [0.1, 0.15) is 18.1 Å². The van der Waals surface area contributed by atoms with Gasteiger partial charge in [0, 0.05) is 18.8 Å². The molecule has 0 aliphatic carbocycles. The number of benzene rings is 2. The van der Waals surface area contributed by atoms with Crippen LogP contribution in [-0.4, -0.2) is 23.7 Å². The van der Waals surface area contributed by atoms with E-state index < -0.39 is 7.12 Å². The Balaban J connectivity index is 2.14. The molecule has 0 fully saturated rings. The highest BCUT2D eigenvalue weighted by atomic mass is 16.4. The minimum absolute atomic E-state index is 0.521. The van der Waals surface area contributed by atoms with Crippen LogP contribution < -0.4 is 10.4 Å². The van der Waals surface area contributed by atoms with Gasteiger partial charge in [-0.2, -0.15) is 0 Å². The van der Waals surface area contributed by atoms with Crippen molar-refractivity contribution in [1.29, 1.82) is 0 Å². The first-order chi connectivity index (χ1) is 9.60. The van der Waals surface area contributed by atoms with Gasteiger partial charge in [-0.15, -0.1) is 0 Å². The predicted molar refractivity (Wildman–Crippen MR) is 84.2 cm³/mol. The van der Waals surface area contributed by atoms with Crippen molar-refractivity contribution in [2.24, 2.45) is 0 Å². The van der Waals surface area contributed by atoms with Crippen molar-refractivity contribution in [1.82, 2.24) is 0 Å². The van der Waals surface area contributed by atoms with Gasteiger partial charge in [-0.25, -0.2) is 0 Å². The standard InChI is InChI=1S/C16H20BNO2/c1-3-18(16-6-4-5-13(2)11-16)12-14-7-9-15(10-8-14)17(19)20/h4-11,19-20H,3,12H2,1-2H3. The summed E-state index contributed by atoms with van der Waals surface area (Å²) >= 11 is 0. The van der Waals surface area contributed by atoms with Crippen LogP contribution in [0, 0.1) is 6.92 Å². The summed E-state index contributed by atoms with van der Waals surface area (Å²) < 4.78 is 0. The fraction of sp³-hybridized carbons (Fsp3) is 0.250. The van der Waals surface area contributed by atoms with Gasteiger partial charge >= 0.3 is 7.12 Å². The van der Waals surface area contributed by atoms with Crippen LogP contribution >= 0.6 is 0 Å². The molecule has 3 nitrogen and oxygen atoms in total. The first kappa shape index (κ1) is 14.6. The SMILES string of the molecule is CCN(Cc1ccc(B(O)O)cc1)c1cccc(C)c1. The molecule has 2 rings (SSSR count). The molecular weight excluding hydrogens is 249 g/mol. The van der Waals surface area contributed by atoms with Crippen molar-refractivity contribution >= 4 is 18.3 Å². The molecule has 0 saturated carbocycles. The van der Waals surface area contributed by atoms with E-state index in [9.17, 15) is 0 Å². The maximum atomic E-state index is 9.10. The number of hydrogen-bond acceptors (Lipinski definition) is 3. The molecular formula is C16H20BNO2. The fourth-order valence-corrected chi connectivity index (χ4v) is 2.23. The summed E-state index contributed by atoms with van der Waals surface area (Å²) in [5.74, 6) is 0. The van der Waals surface area contributed by atoms with E-state index in [1.807, 2.05) is 12.1 Å². The normalized spacial score (nSPS) is 10.4. The zero-order valence-electron chi connectivity index (χ0n) is 12.0. The van der Waals surface area contributed by atoms with Crippen molar-refractivity contribution < 1.29 is 10.0 Å². The van der Waals surface area contributed by atoms with Crippen LogP contribution in [-0.2, 0) is 6.54 Å². The van der Waals surface area contributed by atoms with Crippen LogP contribution in [0.3, 0.4) is 0 Å². The topological polar surface area (TPSA) is 43.7 Å². The Hall–Kier alpha value is -1.78. The van der Waals surface area contributed by atoms with E-state index in [-0.39, 0.29) is 0 Å². The molecule has 0 aliphatic heterocycles. The van der Waals surface area contributed by atoms with Gasteiger partial charge in [0.2, 0.25) is 0 Å². The molecule has 2 aromatic rings. The van der Waals surface area contributed by atoms with Gasteiger partial charge in [-0.1, -0.05) is 36.4 Å². The Morgan fingerprint density at radius 3 is 2.30 bits per heavy atom. The van der Waals surface area contributed by atoms with Crippen LogP contribution in [0.15, 0.2) is 48.5 Å². The average molecular weight is 269 g/mol. The number of aryl methyl sites for hydroxylation is 1. The minimum atomic E-state index is -1.40. The Morgan fingerprint density at radius 1 is 1.05 bits per heavy atom. The molecule has 2 aromatic carbocycles. The summed E-state index contributed by atoms with van der Waals surface area (Å²) in [5.41, 5.74) is 4.13. The van der Waals surface area contributed by atoms with E-state index in [4.69, 9.17) is 10.0 Å². The fourth-order valence-electron chi connectivity index (χ4n) is 2.23. The zero-order chi connectivity index (χ0) is 14.5. The highest BCUT2D eigenvalue weighted by Gasteiger charge is 2.11. The van der Waals surface area contributed by atoms with Crippen molar-refractivity contribution in [3.8, 4) is 0 Å². The lowest BCUT2D eigenvalue weighted by Crippen LogP contribution is -2.30. The van der Waals surface area contributed by atoms with Crippen LogP contribution in [0.4, 0.5) is 5.69 Å². The van der Waals surface area contributed by atoms with Gasteiger partial charge < -0.3 is 14.9 Å². The number of nitrogens with zero attached hydrogens (tertiary/aromatic N) is 1. The monoisotopic (exact) mass is 269 g/mol. The summed E-state index contributed by atoms with van der Waals surface area (Å²) in [7, 11) is -1.40. The molecule has 0 aliphatic rings. The summed E-state index contributed by atoms with van der Waals surface area (Å²) in [6.45, 7) is 5.96. The summed E-state index contributed by atoms with van der Waals surface area (Å²) in [6, 6.07) is 15.8. The van der Waals surface area contributed by atoms with E-state index in [2.05, 4.69) is 43.0 Å². The second kappa shape index (κ2) is 6.59. The summed E-state index contributed by atoms with van der Waals surface area (Å²) in [6.07, 6.45) is 0. The highest BCUT2D eigenvalue weighted by Crippen LogP contribution is 2.18. The van der Waals surface area contributed by atoms with Gasteiger partial charge in [-0.05, 0) is 42.6 Å². The lowest BCUT2D eigenvalue weighted by Gasteiger charge is -2.23. The molecule has 0 bridgehead atoms. The minimum Gasteiger partial charge on any atom is -0.423 e. The molecule has 4 heteroatoms. The van der Waals surface area contributed by atoms with Crippen LogP contribution in [0.25, 0.3) is 0 Å². The van der Waals surface area contributed by atoms with Crippen molar-refractivity contribution in [2.75, 3.05) is 11.4 Å². The van der Waals surface area contributed by atoms with Crippen LogP contribution in [0.2, 0.25) is 0 Å². The smallest absolute Gasteiger partial charge is 0.423 e. The largest absolute Gasteiger partial charge is 0.488 e. The summed E-state index contributed by atoms with van der Waals surface area (Å²) in [4.78, 5) is 2.29. The molecule has 0 unspecified atom stereocenters. The first-order valence-electron chi connectivity index (χ1n) is 6.86. The van der Waals surface area contributed by atoms with Crippen molar-refractivity contribution in [3.05, 3.63) is 59.7 Å². The van der Waals surface area contributed by atoms with Gasteiger partial charge in [-0.3, -0.25) is 0 Å². The maximum Gasteiger partial charge on any atom is 0.488 e. The maximum absolute atomic E-state index is 9.10. The molecule has 0 spiro atoms. The van der Waals surface area contributed by atoms with E-state index in [0.717, 1.165) is 18.7 Å². The van der Waals surface area contributed by atoms with Crippen LogP contribution in [0.5, 0.6) is 0 Å². The van der Waals surface area contributed by atoms with Crippen molar-refractivity contribution in [2.45, 2.75) is 20.4 Å². The number of rotatable bonds is 5. The van der Waals surface area contributed by atoms with Gasteiger partial charge in [0.25, 0.3) is 0 Å². The lowest BCUT2D eigenvalue weighted by atomic mass is 9.80. The highest BCUT2D eigenvalue weighted by molar-refractivity contribution is 6.58. The molecule has 2 N–H and O–H groups in total. The lowest BCUT2D eigenvalue weighted by molar-refractivity contribution is 0.426. The van der Waals surface area contributed by atoms with E-state index >= 15 is 0 Å². The van der Waals surface area contributed by atoms with Gasteiger partial charge in [0.05, 0.1) is 0 Å². The molecule has 104 valence electrons. The van der Waals surface area contributed by atoms with E-state index in [1.54, 1.807) is 12.1 Å². The molecule has 0 amide bonds. The van der Waals surface area contributed by atoms with E-state index in [0.29, 0.717) is 5.46 Å². The molecule has 0 saturated heterocycles. The molecule has 0 radical (unpaired) electrons. The number of hydrogen-bond donors (Lipinski definition) is 2. The molecule has 20 heavy (non-hydrogen) atoms. The average Bonchev–Trinajstić information content (AvgIpc) is 2.45. The molecule has 0 heterocycles. The molecule has 0 atom stereocenters. The number of anilines is 1. The third kappa shape index (κ3) is 3.62. The van der Waals surface area contributed by atoms with Gasteiger partial charge in [0.15, 0.2) is 0 Å². The zero-order valence-corrected chi connectivity index (χ0v) is 12.0. The van der Waals surface area contributed by atoms with Gasteiger partial charge in [0.1, 0.15) is 0 Å². The van der Waals surface area contributed by atoms with Crippen molar-refractivity contribution in [3.63, 3.8) is 0 Å². The third-order valence-corrected chi connectivity index (χ3v) is 3.40. The predicted octanol–water partition coefficient (Wildman–Crippen LogP) is 1.70. The Morgan fingerprint density at radius 2 is 1.75 bits per heavy atom. The molecule has 0 aromatic heterocycles. The quantitative estimate of drug-likeness (QED) is 0.812. The third-order valence-electron chi connectivity index (χ3n) is 3.40.